The lowest BCUT2D eigenvalue weighted by Gasteiger charge is -2.37. The third-order valence-corrected chi connectivity index (χ3v) is 6.93. The Hall–Kier alpha value is -3.92. The summed E-state index contributed by atoms with van der Waals surface area (Å²) in [5, 5.41) is 20.7. The van der Waals surface area contributed by atoms with Gasteiger partial charge in [0, 0.05) is 10.8 Å². The second kappa shape index (κ2) is 8.14. The van der Waals surface area contributed by atoms with Crippen LogP contribution in [0, 0.1) is 0 Å². The number of nitrogens with zero attached hydrogens (tertiary/aromatic N) is 3. The van der Waals surface area contributed by atoms with Gasteiger partial charge < -0.3 is 5.11 Å². The molecule has 4 nitrogen and oxygen atoms in total. The van der Waals surface area contributed by atoms with Crippen molar-refractivity contribution in [2.24, 2.45) is 0 Å². The molecule has 5 aromatic rings. The van der Waals surface area contributed by atoms with Crippen molar-refractivity contribution < 1.29 is 5.11 Å². The molecule has 0 aliphatic rings. The number of phenolic OH excluding ortho intramolecular Hbond substituents is 1. The summed E-state index contributed by atoms with van der Waals surface area (Å²) in [7, 11) is 0. The predicted molar refractivity (Wildman–Crippen MR) is 138 cm³/mol. The molecule has 0 aliphatic heterocycles. The highest BCUT2D eigenvalue weighted by Crippen LogP contribution is 2.46. The van der Waals surface area contributed by atoms with Crippen LogP contribution in [0.15, 0.2) is 97.1 Å². The lowest BCUT2D eigenvalue weighted by Crippen LogP contribution is -2.30. The van der Waals surface area contributed by atoms with Crippen LogP contribution in [0.3, 0.4) is 0 Å². The maximum Gasteiger partial charge on any atom is 0.143 e. The van der Waals surface area contributed by atoms with Crippen molar-refractivity contribution in [3.8, 4) is 11.4 Å². The van der Waals surface area contributed by atoms with Crippen LogP contribution in [0.4, 0.5) is 0 Å². The first-order valence-electron chi connectivity index (χ1n) is 11.6. The molecule has 1 heterocycles. The van der Waals surface area contributed by atoms with E-state index in [1.54, 1.807) is 10.9 Å². The summed E-state index contributed by atoms with van der Waals surface area (Å²) in [6.07, 6.45) is 0. The highest BCUT2D eigenvalue weighted by atomic mass is 16.3. The van der Waals surface area contributed by atoms with Crippen LogP contribution < -0.4 is 0 Å². The molecule has 0 bridgehead atoms. The number of rotatable bonds is 5. The number of benzene rings is 4. The normalized spacial score (nSPS) is 12.2. The van der Waals surface area contributed by atoms with E-state index in [1.165, 1.54) is 5.56 Å². The summed E-state index contributed by atoms with van der Waals surface area (Å²) in [5.41, 5.74) is 5.94. The molecule has 4 heteroatoms. The maximum absolute atomic E-state index is 11.2. The van der Waals surface area contributed by atoms with Crippen LogP contribution in [-0.4, -0.2) is 20.1 Å². The van der Waals surface area contributed by atoms with E-state index in [4.69, 9.17) is 10.2 Å². The topological polar surface area (TPSA) is 50.9 Å². The van der Waals surface area contributed by atoms with Gasteiger partial charge in [0.1, 0.15) is 22.5 Å². The van der Waals surface area contributed by atoms with E-state index < -0.39 is 5.41 Å². The fraction of sp³-hybridized carbons (Fsp3) is 0.200. The number of hydrogen-bond donors (Lipinski definition) is 1. The Bertz CT molecular complexity index is 1420. The number of aromatic hydroxyl groups is 1. The van der Waals surface area contributed by atoms with Gasteiger partial charge in [0.05, 0.1) is 0 Å². The van der Waals surface area contributed by atoms with E-state index in [-0.39, 0.29) is 11.2 Å². The highest BCUT2D eigenvalue weighted by Gasteiger charge is 2.37. The molecule has 5 rings (SSSR count). The molecule has 0 amide bonds. The molecular formula is C30H29N3O. The Kier molecular flexibility index (Phi) is 5.24. The van der Waals surface area contributed by atoms with Gasteiger partial charge in [-0.15, -0.1) is 15.0 Å². The monoisotopic (exact) mass is 447 g/mol. The van der Waals surface area contributed by atoms with E-state index in [9.17, 15) is 5.11 Å². The maximum atomic E-state index is 11.2. The number of aromatic nitrogens is 3. The van der Waals surface area contributed by atoms with Gasteiger partial charge in [0.2, 0.25) is 0 Å². The first-order chi connectivity index (χ1) is 16.3. The van der Waals surface area contributed by atoms with Gasteiger partial charge in [-0.25, -0.2) is 0 Å². The lowest BCUT2D eigenvalue weighted by atomic mass is 9.67. The average molecular weight is 448 g/mol. The Morgan fingerprint density at radius 3 is 1.59 bits per heavy atom. The summed E-state index contributed by atoms with van der Waals surface area (Å²) in [6.45, 7) is 8.87. The minimum atomic E-state index is -0.434. The van der Waals surface area contributed by atoms with Crippen molar-refractivity contribution in [3.05, 3.63) is 119 Å². The fourth-order valence-electron chi connectivity index (χ4n) is 4.91. The van der Waals surface area contributed by atoms with Gasteiger partial charge in [-0.2, -0.15) is 0 Å². The molecular weight excluding hydrogens is 418 g/mol. The Labute approximate surface area is 200 Å². The average Bonchev–Trinajstić information content (AvgIpc) is 3.28. The molecule has 0 radical (unpaired) electrons. The zero-order valence-corrected chi connectivity index (χ0v) is 20.0. The quantitative estimate of drug-likeness (QED) is 0.323. The van der Waals surface area contributed by atoms with Crippen molar-refractivity contribution in [2.45, 2.75) is 38.5 Å². The number of fused-ring (bicyclic) bond motifs is 1. The molecule has 0 spiro atoms. The third kappa shape index (κ3) is 3.56. The zero-order valence-electron chi connectivity index (χ0n) is 20.0. The molecule has 0 aliphatic carbocycles. The zero-order chi connectivity index (χ0) is 23.9. The summed E-state index contributed by atoms with van der Waals surface area (Å²) in [6, 6.07) is 32.5. The first kappa shape index (κ1) is 21.9. The first-order valence-corrected chi connectivity index (χ1v) is 11.6. The lowest BCUT2D eigenvalue weighted by molar-refractivity contribution is 0.460. The van der Waals surface area contributed by atoms with Crippen molar-refractivity contribution in [2.75, 3.05) is 0 Å². The van der Waals surface area contributed by atoms with Gasteiger partial charge in [0.25, 0.3) is 0 Å². The Balaban J connectivity index is 1.86. The van der Waals surface area contributed by atoms with Gasteiger partial charge in [-0.1, -0.05) is 107 Å². The van der Waals surface area contributed by atoms with Gasteiger partial charge >= 0.3 is 0 Å². The molecule has 0 saturated carbocycles. The van der Waals surface area contributed by atoms with E-state index in [0.717, 1.165) is 27.7 Å². The second-order valence-electron chi connectivity index (χ2n) is 9.82. The fourth-order valence-corrected chi connectivity index (χ4v) is 4.91. The summed E-state index contributed by atoms with van der Waals surface area (Å²) < 4.78 is 0. The molecule has 0 fully saturated rings. The molecule has 1 N–H and O–H groups in total. The predicted octanol–water partition coefficient (Wildman–Crippen LogP) is 6.78. The summed E-state index contributed by atoms with van der Waals surface area (Å²) in [5.74, 6) is 0.159. The molecule has 4 aromatic carbocycles. The van der Waals surface area contributed by atoms with Crippen LogP contribution in [0.5, 0.6) is 5.75 Å². The van der Waals surface area contributed by atoms with Crippen molar-refractivity contribution >= 4 is 11.0 Å². The van der Waals surface area contributed by atoms with E-state index in [2.05, 4.69) is 82.3 Å². The van der Waals surface area contributed by atoms with Gasteiger partial charge in [-0.3, -0.25) is 0 Å². The van der Waals surface area contributed by atoms with Crippen LogP contribution >= 0.6 is 0 Å². The molecule has 0 unspecified atom stereocenters. The number of hydrogen-bond acceptors (Lipinski definition) is 3. The molecule has 0 saturated heterocycles. The van der Waals surface area contributed by atoms with Crippen molar-refractivity contribution in [1.82, 2.24) is 15.0 Å². The molecule has 170 valence electrons. The minimum Gasteiger partial charge on any atom is -0.506 e. The third-order valence-electron chi connectivity index (χ3n) is 6.93. The van der Waals surface area contributed by atoms with Gasteiger partial charge in [0.15, 0.2) is 0 Å². The van der Waals surface area contributed by atoms with E-state index in [0.29, 0.717) is 5.69 Å². The SMILES string of the molecule is CC(C)(c1ccccc1)c1ccc(O)c(-n2nc3ccccc3n2)c1C(C)(C)c1ccccc1. The molecule has 34 heavy (non-hydrogen) atoms. The van der Waals surface area contributed by atoms with Crippen LogP contribution in [0.1, 0.15) is 49.9 Å². The summed E-state index contributed by atoms with van der Waals surface area (Å²) >= 11 is 0. The minimum absolute atomic E-state index is 0.159. The van der Waals surface area contributed by atoms with Crippen LogP contribution in [-0.2, 0) is 10.8 Å². The van der Waals surface area contributed by atoms with E-state index >= 15 is 0 Å². The van der Waals surface area contributed by atoms with Crippen molar-refractivity contribution in [1.29, 1.82) is 0 Å². The van der Waals surface area contributed by atoms with Crippen LogP contribution in [0.2, 0.25) is 0 Å². The standard InChI is InChI=1S/C30H29N3O/c1-29(2,21-13-7-5-8-14-21)23-19-20-26(34)28(33-31-24-17-11-12-18-25(24)32-33)27(23)30(3,4)22-15-9-6-10-16-22/h5-20,34H,1-4H3. The van der Waals surface area contributed by atoms with Crippen LogP contribution in [0.25, 0.3) is 16.7 Å². The molecule has 1 aromatic heterocycles. The van der Waals surface area contributed by atoms with E-state index in [1.807, 2.05) is 36.4 Å². The second-order valence-corrected chi connectivity index (χ2v) is 9.82. The smallest absolute Gasteiger partial charge is 0.143 e. The molecule has 0 atom stereocenters. The Morgan fingerprint density at radius 2 is 1.06 bits per heavy atom. The number of phenols is 1. The largest absolute Gasteiger partial charge is 0.506 e. The summed E-state index contributed by atoms with van der Waals surface area (Å²) in [4.78, 5) is 1.60. The Morgan fingerprint density at radius 1 is 0.588 bits per heavy atom. The van der Waals surface area contributed by atoms with Crippen molar-refractivity contribution in [3.63, 3.8) is 0 Å². The highest BCUT2D eigenvalue weighted by molar-refractivity contribution is 5.74. The van der Waals surface area contributed by atoms with Gasteiger partial charge in [-0.05, 0) is 40.5 Å².